The van der Waals surface area contributed by atoms with Crippen molar-refractivity contribution in [3.8, 4) is 0 Å². The van der Waals surface area contributed by atoms with Crippen molar-refractivity contribution < 1.29 is 9.59 Å². The summed E-state index contributed by atoms with van der Waals surface area (Å²) < 4.78 is 0. The largest absolute Gasteiger partial charge is 0.297 e. The molecule has 0 saturated heterocycles. The van der Waals surface area contributed by atoms with Gasteiger partial charge < -0.3 is 0 Å². The zero-order chi connectivity index (χ0) is 12.1. The second-order valence-electron chi connectivity index (χ2n) is 6.98. The van der Waals surface area contributed by atoms with Crippen LogP contribution >= 0.6 is 0 Å². The third-order valence-electron chi connectivity index (χ3n) is 6.40. The smallest absolute Gasteiger partial charge is 0.161 e. The summed E-state index contributed by atoms with van der Waals surface area (Å²) in [5.41, 5.74) is -1.14. The van der Waals surface area contributed by atoms with Crippen LogP contribution in [0.4, 0.5) is 0 Å². The highest BCUT2D eigenvalue weighted by atomic mass is 16.2. The van der Waals surface area contributed by atoms with Crippen molar-refractivity contribution in [2.45, 2.75) is 25.7 Å². The van der Waals surface area contributed by atoms with Gasteiger partial charge in [0, 0.05) is 0 Å². The minimum absolute atomic E-state index is 0.233. The summed E-state index contributed by atoms with van der Waals surface area (Å²) in [6, 6.07) is 0. The molecule has 0 heterocycles. The predicted octanol–water partition coefficient (Wildman–Crippen LogP) is 2.30. The van der Waals surface area contributed by atoms with Crippen LogP contribution in [0.3, 0.4) is 0 Å². The summed E-state index contributed by atoms with van der Waals surface area (Å²) in [4.78, 5) is 25.8. The first-order valence-electron chi connectivity index (χ1n) is 7.14. The molecule has 2 spiro atoms. The van der Waals surface area contributed by atoms with E-state index in [4.69, 9.17) is 0 Å². The molecule has 3 fully saturated rings. The lowest BCUT2D eigenvalue weighted by Gasteiger charge is -2.54. The van der Waals surface area contributed by atoms with Crippen LogP contribution in [0, 0.1) is 34.5 Å². The molecule has 18 heavy (non-hydrogen) atoms. The van der Waals surface area contributed by atoms with Gasteiger partial charge in [-0.3, -0.25) is 9.59 Å². The van der Waals surface area contributed by atoms with Gasteiger partial charge in [-0.1, -0.05) is 24.3 Å². The van der Waals surface area contributed by atoms with E-state index in [9.17, 15) is 9.59 Å². The lowest BCUT2D eigenvalue weighted by molar-refractivity contribution is -0.176. The maximum Gasteiger partial charge on any atom is 0.161 e. The van der Waals surface area contributed by atoms with Gasteiger partial charge in [0.05, 0.1) is 10.8 Å². The van der Waals surface area contributed by atoms with Gasteiger partial charge in [-0.15, -0.1) is 0 Å². The normalized spacial score (nSPS) is 58.4. The van der Waals surface area contributed by atoms with Gasteiger partial charge in [-0.05, 0) is 49.4 Å². The molecular weight excluding hydrogens is 224 g/mol. The fraction of sp³-hybridized carbons (Fsp3) is 0.625. The summed E-state index contributed by atoms with van der Waals surface area (Å²) >= 11 is 0. The van der Waals surface area contributed by atoms with Crippen molar-refractivity contribution in [1.82, 2.24) is 0 Å². The van der Waals surface area contributed by atoms with Crippen molar-refractivity contribution in [3.05, 3.63) is 24.3 Å². The van der Waals surface area contributed by atoms with E-state index in [-0.39, 0.29) is 11.8 Å². The molecule has 4 bridgehead atoms. The molecule has 0 aromatic carbocycles. The third-order valence-corrected chi connectivity index (χ3v) is 6.40. The summed E-state index contributed by atoms with van der Waals surface area (Å²) in [5, 5.41) is 0. The Labute approximate surface area is 106 Å². The van der Waals surface area contributed by atoms with Gasteiger partial charge in [0.15, 0.2) is 11.6 Å². The Bertz CT molecular complexity index is 491. The van der Waals surface area contributed by atoms with Crippen molar-refractivity contribution in [2.24, 2.45) is 34.5 Å². The van der Waals surface area contributed by atoms with Crippen LogP contribution in [-0.2, 0) is 9.59 Å². The van der Waals surface area contributed by atoms with E-state index >= 15 is 0 Å². The summed E-state index contributed by atoms with van der Waals surface area (Å²) in [7, 11) is 0. The summed E-state index contributed by atoms with van der Waals surface area (Å²) in [5.74, 6) is 2.08. The van der Waals surface area contributed by atoms with Crippen molar-refractivity contribution in [3.63, 3.8) is 0 Å². The Kier molecular flexibility index (Phi) is 1.38. The zero-order valence-electron chi connectivity index (χ0n) is 10.3. The number of allylic oxidation sites excluding steroid dienone is 4. The van der Waals surface area contributed by atoms with E-state index in [0.717, 1.165) is 25.7 Å². The quantitative estimate of drug-likeness (QED) is 0.481. The van der Waals surface area contributed by atoms with E-state index in [1.807, 2.05) is 0 Å². The van der Waals surface area contributed by atoms with Crippen LogP contribution in [0.15, 0.2) is 24.3 Å². The number of Topliss-reactive ketones (excluding diaryl/α,β-unsaturated/α-hetero) is 2. The Balaban J connectivity index is 1.61. The van der Waals surface area contributed by atoms with Gasteiger partial charge in [-0.25, -0.2) is 0 Å². The maximum atomic E-state index is 12.9. The molecule has 0 N–H and O–H groups in total. The molecule has 0 aliphatic heterocycles. The first-order valence-corrected chi connectivity index (χ1v) is 7.14. The molecule has 4 atom stereocenters. The molecule has 2 heteroatoms. The molecule has 5 rings (SSSR count). The SMILES string of the molecule is O=C1C2(CC3C=CC2C3)C(=O)C12CC1C=CC2C1. The number of hydrogen-bond donors (Lipinski definition) is 0. The van der Waals surface area contributed by atoms with Gasteiger partial charge in [0.25, 0.3) is 0 Å². The van der Waals surface area contributed by atoms with Crippen molar-refractivity contribution in [1.29, 1.82) is 0 Å². The molecule has 0 aromatic rings. The highest BCUT2D eigenvalue weighted by molar-refractivity contribution is 6.32. The number of carbonyl (C=O) groups excluding carboxylic acids is 2. The second-order valence-corrected chi connectivity index (χ2v) is 6.98. The minimum Gasteiger partial charge on any atom is -0.297 e. The molecule has 2 nitrogen and oxygen atoms in total. The van der Waals surface area contributed by atoms with Gasteiger partial charge in [0.2, 0.25) is 0 Å². The average molecular weight is 240 g/mol. The lowest BCUT2D eigenvalue weighted by atomic mass is 9.43. The summed E-state index contributed by atoms with van der Waals surface area (Å²) in [6.07, 6.45) is 12.4. The van der Waals surface area contributed by atoms with E-state index in [1.165, 1.54) is 0 Å². The second kappa shape index (κ2) is 2.56. The minimum atomic E-state index is -0.572. The van der Waals surface area contributed by atoms with Gasteiger partial charge in [0.1, 0.15) is 0 Å². The number of rotatable bonds is 0. The molecular formula is C16H16O2. The average Bonchev–Trinajstić information content (AvgIpc) is 3.14. The Morgan fingerprint density at radius 1 is 0.778 bits per heavy atom. The number of carbonyl (C=O) groups is 2. The molecule has 0 amide bonds. The maximum absolute atomic E-state index is 12.9. The topological polar surface area (TPSA) is 34.1 Å². The number of ketones is 2. The molecule has 0 radical (unpaired) electrons. The first kappa shape index (κ1) is 9.71. The lowest BCUT2D eigenvalue weighted by Crippen LogP contribution is -2.69. The van der Waals surface area contributed by atoms with Crippen LogP contribution in [0.25, 0.3) is 0 Å². The Morgan fingerprint density at radius 2 is 1.22 bits per heavy atom. The molecule has 3 saturated carbocycles. The van der Waals surface area contributed by atoms with Gasteiger partial charge in [-0.2, -0.15) is 0 Å². The number of hydrogen-bond acceptors (Lipinski definition) is 2. The standard InChI is InChI=1S/C16H16O2/c17-13-15(7-9-1-3-11(15)5-9)14(18)16(13)8-10-2-4-12(16)6-10/h1-4,9-12H,5-8H2. The van der Waals surface area contributed by atoms with E-state index < -0.39 is 10.8 Å². The molecule has 0 aromatic heterocycles. The molecule has 5 aliphatic rings. The molecule has 4 unspecified atom stereocenters. The van der Waals surface area contributed by atoms with Crippen molar-refractivity contribution >= 4 is 11.6 Å². The molecule has 92 valence electrons. The predicted molar refractivity (Wildman–Crippen MR) is 65.6 cm³/mol. The van der Waals surface area contributed by atoms with Crippen LogP contribution in [-0.4, -0.2) is 11.6 Å². The highest BCUT2D eigenvalue weighted by Crippen LogP contribution is 2.70. The highest BCUT2D eigenvalue weighted by Gasteiger charge is 2.79. The Hall–Kier alpha value is -1.18. The van der Waals surface area contributed by atoms with E-state index in [2.05, 4.69) is 24.3 Å². The first-order chi connectivity index (χ1) is 8.68. The van der Waals surface area contributed by atoms with E-state index in [1.54, 1.807) is 0 Å². The third kappa shape index (κ3) is 0.717. The Morgan fingerprint density at radius 3 is 1.50 bits per heavy atom. The fourth-order valence-electron chi connectivity index (χ4n) is 5.70. The van der Waals surface area contributed by atoms with E-state index in [0.29, 0.717) is 23.4 Å². The van der Waals surface area contributed by atoms with Crippen LogP contribution in [0.1, 0.15) is 25.7 Å². The van der Waals surface area contributed by atoms with Crippen molar-refractivity contribution in [2.75, 3.05) is 0 Å². The van der Waals surface area contributed by atoms with Crippen LogP contribution in [0.5, 0.6) is 0 Å². The monoisotopic (exact) mass is 240 g/mol. The van der Waals surface area contributed by atoms with Crippen LogP contribution < -0.4 is 0 Å². The van der Waals surface area contributed by atoms with Gasteiger partial charge >= 0.3 is 0 Å². The summed E-state index contributed by atoms with van der Waals surface area (Å²) in [6.45, 7) is 0. The fourth-order valence-corrected chi connectivity index (χ4v) is 5.70. The number of fused-ring (bicyclic) bond motifs is 6. The zero-order valence-corrected chi connectivity index (χ0v) is 10.3. The van der Waals surface area contributed by atoms with Crippen LogP contribution in [0.2, 0.25) is 0 Å². The molecule has 5 aliphatic carbocycles.